The number of rotatable bonds is 5. The molecule has 0 amide bonds. The second-order valence-corrected chi connectivity index (χ2v) is 7.27. The van der Waals surface area contributed by atoms with Gasteiger partial charge in [0.15, 0.2) is 11.9 Å². The quantitative estimate of drug-likeness (QED) is 0.673. The van der Waals surface area contributed by atoms with Crippen molar-refractivity contribution < 1.29 is 19.0 Å². The van der Waals surface area contributed by atoms with E-state index in [4.69, 9.17) is 14.2 Å². The molecule has 1 aromatic carbocycles. The molecule has 3 aromatic rings. The number of nitrogens with zero attached hydrogens (tertiary/aromatic N) is 1. The maximum atomic E-state index is 12.5. The van der Waals surface area contributed by atoms with E-state index in [-0.39, 0.29) is 11.1 Å². The number of aromatic amines is 1. The highest BCUT2D eigenvalue weighted by molar-refractivity contribution is 7.18. The van der Waals surface area contributed by atoms with Gasteiger partial charge >= 0.3 is 5.97 Å². The molecule has 0 bridgehead atoms. The summed E-state index contributed by atoms with van der Waals surface area (Å²) in [6.07, 6.45) is -0.727. The minimum absolute atomic E-state index is 0.234. The van der Waals surface area contributed by atoms with Crippen molar-refractivity contribution in [2.45, 2.75) is 26.9 Å². The van der Waals surface area contributed by atoms with Crippen LogP contribution in [0.5, 0.6) is 11.5 Å². The number of aryl methyl sites for hydroxylation is 2. The second kappa shape index (κ2) is 7.40. The molecule has 0 spiro atoms. The molecule has 0 saturated heterocycles. The van der Waals surface area contributed by atoms with Crippen LogP contribution in [0, 0.1) is 13.8 Å². The van der Waals surface area contributed by atoms with E-state index in [0.29, 0.717) is 27.5 Å². The predicted octanol–water partition coefficient (Wildman–Crippen LogP) is 3.54. The number of H-pyrrole nitrogens is 1. The van der Waals surface area contributed by atoms with E-state index in [1.165, 1.54) is 25.6 Å². The zero-order chi connectivity index (χ0) is 19.7. The highest BCUT2D eigenvalue weighted by Gasteiger charge is 2.20. The lowest BCUT2D eigenvalue weighted by molar-refractivity contribution is 0.0319. The lowest BCUT2D eigenvalue weighted by atomic mass is 10.2. The number of benzene rings is 1. The molecule has 1 N–H and O–H groups in total. The van der Waals surface area contributed by atoms with Gasteiger partial charge in [0.25, 0.3) is 5.56 Å². The van der Waals surface area contributed by atoms with Crippen molar-refractivity contribution in [1.29, 1.82) is 0 Å². The van der Waals surface area contributed by atoms with Crippen molar-refractivity contribution in [2.75, 3.05) is 14.2 Å². The van der Waals surface area contributed by atoms with E-state index in [9.17, 15) is 9.59 Å². The molecule has 0 saturated carbocycles. The predicted molar refractivity (Wildman–Crippen MR) is 103 cm³/mol. The van der Waals surface area contributed by atoms with Crippen LogP contribution in [0.25, 0.3) is 10.2 Å². The minimum atomic E-state index is -0.727. The zero-order valence-electron chi connectivity index (χ0n) is 15.7. The number of nitrogens with one attached hydrogen (secondary N) is 1. The lowest BCUT2D eigenvalue weighted by Crippen LogP contribution is -2.17. The summed E-state index contributed by atoms with van der Waals surface area (Å²) in [7, 11) is 3.00. The van der Waals surface area contributed by atoms with Gasteiger partial charge in [-0.05, 0) is 38.5 Å². The van der Waals surface area contributed by atoms with Crippen molar-refractivity contribution in [3.05, 3.63) is 50.4 Å². The molecule has 1 atom stereocenters. The summed E-state index contributed by atoms with van der Waals surface area (Å²) >= 11 is 1.44. The maximum Gasteiger partial charge on any atom is 0.339 e. The van der Waals surface area contributed by atoms with Gasteiger partial charge < -0.3 is 19.2 Å². The van der Waals surface area contributed by atoms with Crippen molar-refractivity contribution in [3.63, 3.8) is 0 Å². The molecule has 0 radical (unpaired) electrons. The van der Waals surface area contributed by atoms with E-state index >= 15 is 0 Å². The number of carbonyl (C=O) groups is 1. The first kappa shape index (κ1) is 18.9. The van der Waals surface area contributed by atoms with Gasteiger partial charge in [-0.1, -0.05) is 0 Å². The lowest BCUT2D eigenvalue weighted by Gasteiger charge is -2.13. The van der Waals surface area contributed by atoms with Crippen molar-refractivity contribution in [2.24, 2.45) is 0 Å². The molecule has 0 unspecified atom stereocenters. The number of thiophene rings is 1. The van der Waals surface area contributed by atoms with Crippen LogP contribution in [0.4, 0.5) is 0 Å². The number of hydrogen-bond donors (Lipinski definition) is 1. The normalized spacial score (nSPS) is 12.0. The van der Waals surface area contributed by atoms with Crippen LogP contribution in [-0.4, -0.2) is 30.2 Å². The average molecular weight is 388 g/mol. The molecule has 0 aliphatic rings. The summed E-state index contributed by atoms with van der Waals surface area (Å²) in [4.78, 5) is 33.8. The van der Waals surface area contributed by atoms with Crippen LogP contribution >= 0.6 is 11.3 Å². The molecular formula is C19H20N2O5S. The smallest absolute Gasteiger partial charge is 0.339 e. The topological polar surface area (TPSA) is 90.5 Å². The van der Waals surface area contributed by atoms with Crippen molar-refractivity contribution in [1.82, 2.24) is 9.97 Å². The molecule has 7 nitrogen and oxygen atoms in total. The van der Waals surface area contributed by atoms with Gasteiger partial charge in [0.1, 0.15) is 16.3 Å². The Labute approximate surface area is 159 Å². The zero-order valence-corrected chi connectivity index (χ0v) is 16.5. The summed E-state index contributed by atoms with van der Waals surface area (Å²) in [5, 5.41) is 0.581. The Balaban J connectivity index is 1.89. The van der Waals surface area contributed by atoms with Gasteiger partial charge in [-0.25, -0.2) is 9.78 Å². The van der Waals surface area contributed by atoms with E-state index in [2.05, 4.69) is 9.97 Å². The number of fused-ring (bicyclic) bond motifs is 1. The molecule has 3 rings (SSSR count). The Morgan fingerprint density at radius 2 is 1.78 bits per heavy atom. The summed E-state index contributed by atoms with van der Waals surface area (Å²) in [5.41, 5.74) is 0.968. The molecule has 0 aliphatic heterocycles. The van der Waals surface area contributed by atoms with Gasteiger partial charge in [-0.15, -0.1) is 11.3 Å². The highest BCUT2D eigenvalue weighted by atomic mass is 32.1. The van der Waals surface area contributed by atoms with E-state index in [1.54, 1.807) is 25.1 Å². The Morgan fingerprint density at radius 1 is 1.15 bits per heavy atom. The first-order chi connectivity index (χ1) is 12.8. The summed E-state index contributed by atoms with van der Waals surface area (Å²) in [5.74, 6) is 0.691. The first-order valence-corrected chi connectivity index (χ1v) is 9.09. The molecule has 142 valence electrons. The van der Waals surface area contributed by atoms with Crippen LogP contribution in [-0.2, 0) is 4.74 Å². The Kier molecular flexibility index (Phi) is 5.18. The van der Waals surface area contributed by atoms with Crippen LogP contribution < -0.4 is 15.0 Å². The first-order valence-electron chi connectivity index (χ1n) is 8.28. The molecule has 8 heteroatoms. The molecule has 27 heavy (non-hydrogen) atoms. The third kappa shape index (κ3) is 3.66. The van der Waals surface area contributed by atoms with E-state index < -0.39 is 12.1 Å². The Bertz CT molecular complexity index is 1050. The second-order valence-electron chi connectivity index (χ2n) is 6.06. The Hall–Kier alpha value is -2.87. The summed E-state index contributed by atoms with van der Waals surface area (Å²) in [6, 6.07) is 4.78. The molecule has 0 aliphatic carbocycles. The van der Waals surface area contributed by atoms with Crippen molar-refractivity contribution in [3.8, 4) is 11.5 Å². The number of aromatic nitrogens is 2. The molecule has 2 aromatic heterocycles. The number of esters is 1. The fourth-order valence-corrected chi connectivity index (χ4v) is 3.71. The van der Waals surface area contributed by atoms with Gasteiger partial charge in [-0.2, -0.15) is 0 Å². The number of ether oxygens (including phenoxy) is 3. The standard InChI is InChI=1S/C19H20N2O5S/c1-9-11(3)27-18-15(9)17(22)20-16(21-18)10(2)26-19(23)12-6-13(24-4)8-14(7-12)25-5/h6-8,10H,1-5H3,(H,20,21,22)/t10-/m0/s1. The van der Waals surface area contributed by atoms with E-state index in [0.717, 1.165) is 10.4 Å². The highest BCUT2D eigenvalue weighted by Crippen LogP contribution is 2.28. The van der Waals surface area contributed by atoms with Crippen LogP contribution in [0.3, 0.4) is 0 Å². The third-order valence-electron chi connectivity index (χ3n) is 4.31. The van der Waals surface area contributed by atoms with Gasteiger partial charge in [-0.3, -0.25) is 4.79 Å². The number of methoxy groups -OCH3 is 2. The SMILES string of the molecule is COc1cc(OC)cc(C(=O)O[C@@H](C)c2nc3sc(C)c(C)c3c(=O)[nH]2)c1. The van der Waals surface area contributed by atoms with Crippen LogP contribution in [0.15, 0.2) is 23.0 Å². The van der Waals surface area contributed by atoms with Crippen LogP contribution in [0.2, 0.25) is 0 Å². The fourth-order valence-electron chi connectivity index (χ4n) is 2.67. The number of hydrogen-bond acceptors (Lipinski definition) is 7. The largest absolute Gasteiger partial charge is 0.497 e. The number of carbonyl (C=O) groups excluding carboxylic acids is 1. The molecule has 0 fully saturated rings. The minimum Gasteiger partial charge on any atom is -0.497 e. The van der Waals surface area contributed by atoms with E-state index in [1.807, 2.05) is 13.8 Å². The summed E-state index contributed by atoms with van der Waals surface area (Å²) < 4.78 is 15.8. The van der Waals surface area contributed by atoms with Crippen molar-refractivity contribution >= 4 is 27.5 Å². The summed E-state index contributed by atoms with van der Waals surface area (Å²) in [6.45, 7) is 5.50. The third-order valence-corrected chi connectivity index (χ3v) is 5.41. The van der Waals surface area contributed by atoms with Gasteiger partial charge in [0.05, 0.1) is 25.2 Å². The molecule has 2 heterocycles. The monoisotopic (exact) mass is 388 g/mol. The Morgan fingerprint density at radius 3 is 2.37 bits per heavy atom. The molecular weight excluding hydrogens is 368 g/mol. The van der Waals surface area contributed by atoms with Gasteiger partial charge in [0.2, 0.25) is 0 Å². The fraction of sp³-hybridized carbons (Fsp3) is 0.316. The van der Waals surface area contributed by atoms with Crippen LogP contribution in [0.1, 0.15) is 39.7 Å². The maximum absolute atomic E-state index is 12.5. The average Bonchev–Trinajstić information content (AvgIpc) is 2.95. The van der Waals surface area contributed by atoms with Gasteiger partial charge in [0, 0.05) is 10.9 Å².